The second kappa shape index (κ2) is 7.73. The highest BCUT2D eigenvalue weighted by Gasteiger charge is 2.23. The van der Waals surface area contributed by atoms with Crippen molar-refractivity contribution in [2.75, 3.05) is 32.9 Å². The molecule has 0 N–H and O–H groups in total. The molecule has 0 amide bonds. The summed E-state index contributed by atoms with van der Waals surface area (Å²) in [7, 11) is 0. The number of ether oxygens (including phenoxy) is 2. The summed E-state index contributed by atoms with van der Waals surface area (Å²) in [5, 5.41) is 9.17. The second-order valence-corrected chi connectivity index (χ2v) is 6.31. The van der Waals surface area contributed by atoms with E-state index in [1.54, 1.807) is 0 Å². The van der Waals surface area contributed by atoms with Gasteiger partial charge >= 0.3 is 0 Å². The molecule has 2 saturated heterocycles. The minimum absolute atomic E-state index is 0.392. The van der Waals surface area contributed by atoms with E-state index in [0.29, 0.717) is 12.0 Å². The van der Waals surface area contributed by atoms with Gasteiger partial charge in [0.05, 0.1) is 31.0 Å². The monoisotopic (exact) mass is 300 g/mol. The van der Waals surface area contributed by atoms with Gasteiger partial charge in [-0.05, 0) is 30.9 Å². The third-order valence-corrected chi connectivity index (χ3v) is 4.66. The third kappa shape index (κ3) is 4.07. The molecule has 0 aromatic heterocycles. The highest BCUT2D eigenvalue weighted by molar-refractivity contribution is 5.37. The first kappa shape index (κ1) is 15.5. The molecule has 22 heavy (non-hydrogen) atoms. The van der Waals surface area contributed by atoms with Gasteiger partial charge in [0.1, 0.15) is 0 Å². The van der Waals surface area contributed by atoms with Gasteiger partial charge in [-0.25, -0.2) is 0 Å². The zero-order valence-electron chi connectivity index (χ0n) is 13.0. The van der Waals surface area contributed by atoms with Crippen LogP contribution in [0.25, 0.3) is 0 Å². The quantitative estimate of drug-likeness (QED) is 0.838. The molecular weight excluding hydrogens is 276 g/mol. The van der Waals surface area contributed by atoms with E-state index >= 15 is 0 Å². The van der Waals surface area contributed by atoms with Gasteiger partial charge in [-0.1, -0.05) is 18.2 Å². The molecule has 2 fully saturated rings. The molecule has 1 atom stereocenters. The summed E-state index contributed by atoms with van der Waals surface area (Å²) >= 11 is 0. The van der Waals surface area contributed by atoms with Gasteiger partial charge in [0, 0.05) is 32.2 Å². The van der Waals surface area contributed by atoms with Gasteiger partial charge in [-0.15, -0.1) is 0 Å². The fraction of sp³-hybridized carbons (Fsp3) is 0.611. The fourth-order valence-corrected chi connectivity index (χ4v) is 3.23. The van der Waals surface area contributed by atoms with E-state index in [1.807, 2.05) is 18.2 Å². The lowest BCUT2D eigenvalue weighted by Gasteiger charge is -2.32. The van der Waals surface area contributed by atoms with Crippen molar-refractivity contribution in [2.24, 2.45) is 5.92 Å². The van der Waals surface area contributed by atoms with E-state index in [0.717, 1.165) is 69.8 Å². The Balaban J connectivity index is 1.42. The van der Waals surface area contributed by atoms with Gasteiger partial charge in [-0.3, -0.25) is 4.90 Å². The number of nitriles is 1. The van der Waals surface area contributed by atoms with E-state index in [9.17, 15) is 0 Å². The average molecular weight is 300 g/mol. The zero-order valence-corrected chi connectivity index (χ0v) is 13.0. The van der Waals surface area contributed by atoms with E-state index < -0.39 is 0 Å². The minimum Gasteiger partial charge on any atom is -0.381 e. The van der Waals surface area contributed by atoms with Crippen molar-refractivity contribution >= 4 is 0 Å². The maximum atomic E-state index is 9.17. The molecule has 4 heteroatoms. The minimum atomic E-state index is 0.392. The van der Waals surface area contributed by atoms with Crippen LogP contribution in [0, 0.1) is 17.2 Å². The molecule has 4 nitrogen and oxygen atoms in total. The van der Waals surface area contributed by atoms with Gasteiger partial charge < -0.3 is 9.47 Å². The van der Waals surface area contributed by atoms with Crippen LogP contribution in [0.5, 0.6) is 0 Å². The Labute approximate surface area is 132 Å². The first-order valence-corrected chi connectivity index (χ1v) is 8.25. The maximum absolute atomic E-state index is 9.17. The molecule has 118 valence electrons. The predicted molar refractivity (Wildman–Crippen MR) is 84.3 cm³/mol. The number of nitrogens with zero attached hydrogens (tertiary/aromatic N) is 2. The molecule has 1 aromatic rings. The van der Waals surface area contributed by atoms with Crippen LogP contribution in [0.1, 0.15) is 30.4 Å². The van der Waals surface area contributed by atoms with Crippen LogP contribution < -0.4 is 0 Å². The van der Waals surface area contributed by atoms with Crippen LogP contribution >= 0.6 is 0 Å². The second-order valence-electron chi connectivity index (χ2n) is 6.31. The van der Waals surface area contributed by atoms with Gasteiger partial charge in [-0.2, -0.15) is 5.26 Å². The lowest BCUT2D eigenvalue weighted by molar-refractivity contribution is -0.0117. The molecule has 2 aliphatic heterocycles. The molecule has 1 unspecified atom stereocenters. The van der Waals surface area contributed by atoms with Gasteiger partial charge in [0.25, 0.3) is 0 Å². The first-order valence-electron chi connectivity index (χ1n) is 8.25. The molecule has 3 rings (SSSR count). The fourth-order valence-electron chi connectivity index (χ4n) is 3.23. The summed E-state index contributed by atoms with van der Waals surface area (Å²) in [5.41, 5.74) is 1.93. The van der Waals surface area contributed by atoms with Crippen LogP contribution in [0.15, 0.2) is 24.3 Å². The number of hydrogen-bond acceptors (Lipinski definition) is 4. The summed E-state index contributed by atoms with van der Waals surface area (Å²) in [6, 6.07) is 10.2. The summed E-state index contributed by atoms with van der Waals surface area (Å²) in [4.78, 5) is 2.43. The predicted octanol–water partition coefficient (Wildman–Crippen LogP) is 2.58. The van der Waals surface area contributed by atoms with Crippen molar-refractivity contribution in [3.05, 3.63) is 35.4 Å². The van der Waals surface area contributed by atoms with Crippen LogP contribution in [0.3, 0.4) is 0 Å². The van der Waals surface area contributed by atoms with Gasteiger partial charge in [0.15, 0.2) is 0 Å². The van der Waals surface area contributed by atoms with Crippen LogP contribution in [-0.2, 0) is 16.0 Å². The van der Waals surface area contributed by atoms with Crippen LogP contribution in [-0.4, -0.2) is 43.9 Å². The average Bonchev–Trinajstić information content (AvgIpc) is 3.08. The molecule has 0 aliphatic carbocycles. The SMILES string of the molecule is N#Cc1ccccc1CN1CCC(OCC2CCOC2)CC1. The van der Waals surface area contributed by atoms with Crippen molar-refractivity contribution in [2.45, 2.75) is 31.9 Å². The van der Waals surface area contributed by atoms with Crippen molar-refractivity contribution in [3.8, 4) is 6.07 Å². The summed E-state index contributed by atoms with van der Waals surface area (Å²) < 4.78 is 11.4. The maximum Gasteiger partial charge on any atom is 0.0995 e. The number of benzene rings is 1. The van der Waals surface area contributed by atoms with E-state index in [-0.39, 0.29) is 0 Å². The van der Waals surface area contributed by atoms with Crippen LogP contribution in [0.4, 0.5) is 0 Å². The summed E-state index contributed by atoms with van der Waals surface area (Å²) in [5.74, 6) is 0.598. The Morgan fingerprint density at radius 1 is 1.23 bits per heavy atom. The van der Waals surface area contributed by atoms with Crippen molar-refractivity contribution in [1.29, 1.82) is 5.26 Å². The Morgan fingerprint density at radius 3 is 2.77 bits per heavy atom. The van der Waals surface area contributed by atoms with Crippen molar-refractivity contribution in [3.63, 3.8) is 0 Å². The van der Waals surface area contributed by atoms with E-state index in [1.165, 1.54) is 0 Å². The van der Waals surface area contributed by atoms with E-state index in [2.05, 4.69) is 17.0 Å². The molecule has 0 radical (unpaired) electrons. The Kier molecular flexibility index (Phi) is 5.44. The number of likely N-dealkylation sites (tertiary alicyclic amines) is 1. The molecule has 0 spiro atoms. The smallest absolute Gasteiger partial charge is 0.0995 e. The lowest BCUT2D eigenvalue weighted by Crippen LogP contribution is -2.37. The molecule has 1 aromatic carbocycles. The summed E-state index contributed by atoms with van der Waals surface area (Å²) in [6.07, 6.45) is 3.71. The number of piperidine rings is 1. The number of hydrogen-bond donors (Lipinski definition) is 0. The third-order valence-electron chi connectivity index (χ3n) is 4.66. The van der Waals surface area contributed by atoms with Crippen LogP contribution in [0.2, 0.25) is 0 Å². The molecule has 0 bridgehead atoms. The van der Waals surface area contributed by atoms with Gasteiger partial charge in [0.2, 0.25) is 0 Å². The lowest BCUT2D eigenvalue weighted by atomic mass is 10.0. The molecular formula is C18H24N2O2. The Hall–Kier alpha value is -1.41. The Morgan fingerprint density at radius 2 is 2.05 bits per heavy atom. The zero-order chi connectivity index (χ0) is 15.2. The highest BCUT2D eigenvalue weighted by atomic mass is 16.5. The highest BCUT2D eigenvalue weighted by Crippen LogP contribution is 2.20. The molecule has 2 heterocycles. The number of rotatable bonds is 5. The molecule has 2 aliphatic rings. The molecule has 0 saturated carbocycles. The first-order chi connectivity index (χ1) is 10.8. The standard InChI is InChI=1S/C18H24N2O2/c19-11-16-3-1-2-4-17(16)12-20-8-5-18(6-9-20)22-14-15-7-10-21-13-15/h1-4,15,18H,5-10,12-14H2. The van der Waals surface area contributed by atoms with E-state index in [4.69, 9.17) is 14.7 Å². The van der Waals surface area contributed by atoms with Crippen molar-refractivity contribution < 1.29 is 9.47 Å². The largest absolute Gasteiger partial charge is 0.381 e. The summed E-state index contributed by atoms with van der Waals surface area (Å²) in [6.45, 7) is 5.57. The normalized spacial score (nSPS) is 23.5. The topological polar surface area (TPSA) is 45.5 Å². The Bertz CT molecular complexity index is 512. The van der Waals surface area contributed by atoms with Crippen molar-refractivity contribution in [1.82, 2.24) is 4.90 Å².